The molecule has 0 unspecified atom stereocenters. The molecular formula is C21H20Cl2N4O4S. The highest BCUT2D eigenvalue weighted by atomic mass is 35.5. The highest BCUT2D eigenvalue weighted by molar-refractivity contribution is 7.89. The SMILES string of the molecule is O=[N+]([O-])c1cc(Cl)cc(S(=O)(=O)NC2CCC(Nc3ccnc4cc(Cl)ccc34)CC2)c1. The third-order valence-electron chi connectivity index (χ3n) is 5.49. The number of rotatable bonds is 6. The van der Waals surface area contributed by atoms with Gasteiger partial charge in [0.2, 0.25) is 10.0 Å². The van der Waals surface area contributed by atoms with E-state index in [1.165, 1.54) is 6.07 Å². The van der Waals surface area contributed by atoms with Crippen molar-refractivity contribution in [2.45, 2.75) is 42.7 Å². The first-order valence-corrected chi connectivity index (χ1v) is 12.2. The van der Waals surface area contributed by atoms with E-state index in [9.17, 15) is 18.5 Å². The van der Waals surface area contributed by atoms with Gasteiger partial charge in [-0.2, -0.15) is 0 Å². The van der Waals surface area contributed by atoms with E-state index in [0.717, 1.165) is 41.6 Å². The monoisotopic (exact) mass is 494 g/mol. The summed E-state index contributed by atoms with van der Waals surface area (Å²) in [6.45, 7) is 0. The topological polar surface area (TPSA) is 114 Å². The van der Waals surface area contributed by atoms with Crippen LogP contribution in [0.5, 0.6) is 0 Å². The predicted molar refractivity (Wildman–Crippen MR) is 125 cm³/mol. The molecule has 32 heavy (non-hydrogen) atoms. The lowest BCUT2D eigenvalue weighted by molar-refractivity contribution is -0.385. The van der Waals surface area contributed by atoms with Gasteiger partial charge >= 0.3 is 0 Å². The van der Waals surface area contributed by atoms with Crippen molar-refractivity contribution in [3.8, 4) is 0 Å². The van der Waals surface area contributed by atoms with Crippen LogP contribution >= 0.6 is 23.2 Å². The molecule has 1 heterocycles. The number of sulfonamides is 1. The van der Waals surface area contributed by atoms with Crippen LogP contribution in [0.3, 0.4) is 0 Å². The molecule has 3 aromatic rings. The van der Waals surface area contributed by atoms with Crippen molar-refractivity contribution in [2.75, 3.05) is 5.32 Å². The average Bonchev–Trinajstić information content (AvgIpc) is 2.74. The number of nitrogens with zero attached hydrogens (tertiary/aromatic N) is 2. The molecule has 0 aliphatic heterocycles. The van der Waals surface area contributed by atoms with Gasteiger partial charge in [0.05, 0.1) is 15.3 Å². The minimum absolute atomic E-state index is 0.00153. The molecule has 2 N–H and O–H groups in total. The van der Waals surface area contributed by atoms with Crippen molar-refractivity contribution < 1.29 is 13.3 Å². The third-order valence-corrected chi connectivity index (χ3v) is 7.44. The van der Waals surface area contributed by atoms with Crippen molar-refractivity contribution in [1.82, 2.24) is 9.71 Å². The Morgan fingerprint density at radius 2 is 1.69 bits per heavy atom. The molecule has 0 radical (unpaired) electrons. The molecule has 1 saturated carbocycles. The third kappa shape index (κ3) is 5.12. The molecule has 11 heteroatoms. The molecule has 4 rings (SSSR count). The zero-order chi connectivity index (χ0) is 22.9. The number of benzene rings is 2. The summed E-state index contributed by atoms with van der Waals surface area (Å²) in [6, 6.07) is 10.7. The number of nitro groups is 1. The van der Waals surface area contributed by atoms with Gasteiger partial charge in [-0.15, -0.1) is 0 Å². The lowest BCUT2D eigenvalue weighted by Crippen LogP contribution is -2.40. The van der Waals surface area contributed by atoms with Crippen LogP contribution < -0.4 is 10.0 Å². The quantitative estimate of drug-likeness (QED) is 0.361. The second-order valence-corrected chi connectivity index (χ2v) is 10.3. The zero-order valence-electron chi connectivity index (χ0n) is 16.8. The first-order valence-electron chi connectivity index (χ1n) is 9.99. The first kappa shape index (κ1) is 22.7. The summed E-state index contributed by atoms with van der Waals surface area (Å²) in [6.07, 6.45) is 4.52. The number of anilines is 1. The molecule has 1 aliphatic rings. The second kappa shape index (κ2) is 9.19. The lowest BCUT2D eigenvalue weighted by atomic mass is 9.91. The van der Waals surface area contributed by atoms with Gasteiger partial charge in [0.1, 0.15) is 0 Å². The summed E-state index contributed by atoms with van der Waals surface area (Å²) in [7, 11) is -3.93. The molecule has 0 bridgehead atoms. The number of nitro benzene ring substituents is 1. The maximum Gasteiger partial charge on any atom is 0.272 e. The largest absolute Gasteiger partial charge is 0.382 e. The fourth-order valence-corrected chi connectivity index (χ4v) is 5.75. The number of pyridine rings is 1. The molecule has 0 spiro atoms. The summed E-state index contributed by atoms with van der Waals surface area (Å²) in [5, 5.41) is 16.2. The van der Waals surface area contributed by atoms with E-state index < -0.39 is 14.9 Å². The molecule has 8 nitrogen and oxygen atoms in total. The Bertz CT molecular complexity index is 1280. The maximum atomic E-state index is 12.7. The Morgan fingerprint density at radius 3 is 2.41 bits per heavy atom. The van der Waals surface area contributed by atoms with Gasteiger partial charge in [-0.05, 0) is 56.0 Å². The molecule has 0 atom stereocenters. The fraction of sp³-hybridized carbons (Fsp3) is 0.286. The molecule has 2 aromatic carbocycles. The number of hydrogen-bond donors (Lipinski definition) is 2. The van der Waals surface area contributed by atoms with Crippen LogP contribution in [0.15, 0.2) is 53.6 Å². The van der Waals surface area contributed by atoms with Gasteiger partial charge < -0.3 is 5.32 Å². The van der Waals surface area contributed by atoms with E-state index in [4.69, 9.17) is 23.2 Å². The average molecular weight is 495 g/mol. The summed E-state index contributed by atoms with van der Waals surface area (Å²) >= 11 is 11.9. The van der Waals surface area contributed by atoms with E-state index in [1.807, 2.05) is 24.3 Å². The van der Waals surface area contributed by atoms with Crippen LogP contribution in [0.1, 0.15) is 25.7 Å². The van der Waals surface area contributed by atoms with Crippen molar-refractivity contribution in [1.29, 1.82) is 0 Å². The van der Waals surface area contributed by atoms with Crippen LogP contribution in [-0.4, -0.2) is 30.4 Å². The molecule has 1 aromatic heterocycles. The Labute approximate surface area is 195 Å². The van der Waals surface area contributed by atoms with E-state index in [2.05, 4.69) is 15.0 Å². The van der Waals surface area contributed by atoms with E-state index in [0.29, 0.717) is 17.9 Å². The van der Waals surface area contributed by atoms with E-state index in [1.54, 1.807) is 6.20 Å². The first-order chi connectivity index (χ1) is 15.2. The molecule has 1 aliphatic carbocycles. The van der Waals surface area contributed by atoms with E-state index >= 15 is 0 Å². The number of hydrogen-bond acceptors (Lipinski definition) is 6. The van der Waals surface area contributed by atoms with Crippen LogP contribution in [-0.2, 0) is 10.0 Å². The summed E-state index contributed by atoms with van der Waals surface area (Å²) in [4.78, 5) is 14.5. The van der Waals surface area contributed by atoms with Crippen molar-refractivity contribution in [3.63, 3.8) is 0 Å². The molecule has 0 saturated heterocycles. The number of halogens is 2. The van der Waals surface area contributed by atoms with Crippen LogP contribution in [0.4, 0.5) is 11.4 Å². The smallest absolute Gasteiger partial charge is 0.272 e. The Kier molecular flexibility index (Phi) is 6.52. The predicted octanol–water partition coefficient (Wildman–Crippen LogP) is 5.15. The number of fused-ring (bicyclic) bond motifs is 1. The zero-order valence-corrected chi connectivity index (χ0v) is 19.1. The van der Waals surface area contributed by atoms with Gasteiger partial charge in [0, 0.05) is 51.5 Å². The summed E-state index contributed by atoms with van der Waals surface area (Å²) in [5.74, 6) is 0. The molecule has 0 amide bonds. The van der Waals surface area contributed by atoms with Gasteiger partial charge in [-0.1, -0.05) is 23.2 Å². The summed E-state index contributed by atoms with van der Waals surface area (Å²) < 4.78 is 28.2. The van der Waals surface area contributed by atoms with Gasteiger partial charge in [0.15, 0.2) is 0 Å². The van der Waals surface area contributed by atoms with Crippen LogP contribution in [0.2, 0.25) is 10.0 Å². The Balaban J connectivity index is 1.41. The number of non-ortho nitro benzene ring substituents is 1. The summed E-state index contributed by atoms with van der Waals surface area (Å²) in [5.41, 5.74) is 1.40. The van der Waals surface area contributed by atoms with Crippen molar-refractivity contribution >= 4 is 55.5 Å². The van der Waals surface area contributed by atoms with Gasteiger partial charge in [0.25, 0.3) is 5.69 Å². The van der Waals surface area contributed by atoms with Gasteiger partial charge in [-0.25, -0.2) is 13.1 Å². The maximum absolute atomic E-state index is 12.7. The Hall–Kier alpha value is -2.46. The van der Waals surface area contributed by atoms with Crippen molar-refractivity contribution in [3.05, 3.63) is 68.8 Å². The van der Waals surface area contributed by atoms with Gasteiger partial charge in [-0.3, -0.25) is 15.1 Å². The Morgan fingerprint density at radius 1 is 0.969 bits per heavy atom. The molecular weight excluding hydrogens is 475 g/mol. The normalized spacial score (nSPS) is 19.1. The standard InChI is InChI=1S/C21H20Cl2N4O4S/c22-13-1-6-19-20(7-8-24-21(19)11-13)25-15-2-4-16(5-3-15)26-32(30,31)18-10-14(23)9-17(12-18)27(28)29/h1,6-12,15-16,26H,2-5H2,(H,24,25). The van der Waals surface area contributed by atoms with E-state index in [-0.39, 0.29) is 27.7 Å². The highest BCUT2D eigenvalue weighted by Gasteiger charge is 2.27. The molecule has 1 fully saturated rings. The fourth-order valence-electron chi connectivity index (χ4n) is 3.92. The molecule has 168 valence electrons. The van der Waals surface area contributed by atoms with Crippen LogP contribution in [0.25, 0.3) is 10.9 Å². The highest BCUT2D eigenvalue weighted by Crippen LogP contribution is 2.29. The second-order valence-electron chi connectivity index (χ2n) is 7.74. The number of nitrogens with one attached hydrogen (secondary N) is 2. The lowest BCUT2D eigenvalue weighted by Gasteiger charge is -2.30. The van der Waals surface area contributed by atoms with Crippen molar-refractivity contribution in [2.24, 2.45) is 0 Å². The number of aromatic nitrogens is 1. The minimum atomic E-state index is -3.93. The minimum Gasteiger partial charge on any atom is -0.382 e. The van der Waals surface area contributed by atoms with Crippen LogP contribution in [0, 0.1) is 10.1 Å².